The van der Waals surface area contributed by atoms with Gasteiger partial charge in [-0.3, -0.25) is 9.36 Å². The van der Waals surface area contributed by atoms with Gasteiger partial charge in [0.25, 0.3) is 5.56 Å². The lowest BCUT2D eigenvalue weighted by atomic mass is 10.0. The number of hydrogen-bond donors (Lipinski definition) is 1. The third kappa shape index (κ3) is 3.40. The first kappa shape index (κ1) is 19.3. The molecule has 0 spiro atoms. The number of rotatable bonds is 4. The number of aromatic nitrogens is 2. The van der Waals surface area contributed by atoms with Gasteiger partial charge >= 0.3 is 0 Å². The predicted octanol–water partition coefficient (Wildman–Crippen LogP) is 3.31. The van der Waals surface area contributed by atoms with Gasteiger partial charge in [0.05, 0.1) is 16.9 Å². The summed E-state index contributed by atoms with van der Waals surface area (Å²) in [6, 6.07) is 3.41. The Morgan fingerprint density at radius 3 is 2.54 bits per heavy atom. The zero-order valence-corrected chi connectivity index (χ0v) is 17.0. The van der Waals surface area contributed by atoms with Gasteiger partial charge in [0, 0.05) is 24.0 Å². The van der Waals surface area contributed by atoms with Crippen molar-refractivity contribution in [2.75, 3.05) is 0 Å². The molecule has 3 rings (SSSR count). The van der Waals surface area contributed by atoms with E-state index in [4.69, 9.17) is 0 Å². The average molecular weight is 380 g/mol. The average Bonchev–Trinajstić information content (AvgIpc) is 3.28. The van der Waals surface area contributed by atoms with Gasteiger partial charge in [0.2, 0.25) is 0 Å². The Morgan fingerprint density at radius 2 is 2.00 bits per heavy atom. The van der Waals surface area contributed by atoms with Crippen LogP contribution in [0.2, 0.25) is 0 Å². The van der Waals surface area contributed by atoms with Gasteiger partial charge in [0.1, 0.15) is 10.6 Å². The van der Waals surface area contributed by atoms with Crippen LogP contribution in [0.15, 0.2) is 16.9 Å². The second kappa shape index (κ2) is 6.32. The standard InChI is InChI=1S/C19H26FN3O2S/c1-11-9-13(12(2)22-26(25)18(3,4)5)15-14(10-11)16(24)23(6)17(21-15)19(20)7-8-19/h9-10,12,22H,7-8H2,1-6H3/t12-,26?/m1/s1. The van der Waals surface area contributed by atoms with E-state index in [9.17, 15) is 13.7 Å². The number of nitrogens with one attached hydrogen (secondary N) is 1. The Labute approximate surface area is 156 Å². The monoisotopic (exact) mass is 379 g/mol. The second-order valence-corrected chi connectivity index (χ2v) is 10.2. The van der Waals surface area contributed by atoms with Crippen LogP contribution in [0.25, 0.3) is 10.9 Å². The molecule has 2 atom stereocenters. The fraction of sp³-hybridized carbons (Fsp3) is 0.579. The lowest BCUT2D eigenvalue weighted by molar-refractivity contribution is 0.290. The largest absolute Gasteiger partial charge is 0.598 e. The van der Waals surface area contributed by atoms with Crippen molar-refractivity contribution in [3.63, 3.8) is 0 Å². The Morgan fingerprint density at radius 1 is 1.38 bits per heavy atom. The molecule has 0 bridgehead atoms. The maximum Gasteiger partial charge on any atom is 0.261 e. The zero-order chi connectivity index (χ0) is 19.4. The molecule has 0 aliphatic heterocycles. The van der Waals surface area contributed by atoms with E-state index in [-0.39, 0.29) is 17.4 Å². The predicted molar refractivity (Wildman–Crippen MR) is 103 cm³/mol. The number of benzene rings is 1. The van der Waals surface area contributed by atoms with Gasteiger partial charge in [-0.2, -0.15) is 0 Å². The summed E-state index contributed by atoms with van der Waals surface area (Å²) in [4.78, 5) is 17.4. The van der Waals surface area contributed by atoms with Gasteiger partial charge in [-0.05, 0) is 59.1 Å². The molecule has 0 amide bonds. The van der Waals surface area contributed by atoms with Crippen molar-refractivity contribution in [2.24, 2.45) is 7.05 Å². The topological polar surface area (TPSA) is 70.0 Å². The minimum Gasteiger partial charge on any atom is -0.598 e. The molecule has 1 saturated carbocycles. The molecule has 2 aromatic rings. The zero-order valence-electron chi connectivity index (χ0n) is 16.1. The Balaban J connectivity index is 2.16. The fourth-order valence-corrected chi connectivity index (χ4v) is 3.82. The van der Waals surface area contributed by atoms with Crippen LogP contribution in [0.5, 0.6) is 0 Å². The molecule has 1 aromatic carbocycles. The van der Waals surface area contributed by atoms with E-state index in [2.05, 4.69) is 9.71 Å². The SMILES string of the molecule is Cc1cc([C@@H](C)N[S+]([O-])C(C)(C)C)c2nc(C3(F)CC3)n(C)c(=O)c2c1. The second-order valence-electron chi connectivity index (χ2n) is 8.24. The minimum absolute atomic E-state index is 0.184. The molecule has 0 radical (unpaired) electrons. The van der Waals surface area contributed by atoms with Crippen molar-refractivity contribution in [3.8, 4) is 0 Å². The number of nitrogens with zero attached hydrogens (tertiary/aromatic N) is 2. The first-order valence-corrected chi connectivity index (χ1v) is 9.98. The van der Waals surface area contributed by atoms with Crippen molar-refractivity contribution >= 4 is 22.3 Å². The highest BCUT2D eigenvalue weighted by Gasteiger charge is 2.48. The summed E-state index contributed by atoms with van der Waals surface area (Å²) >= 11 is -1.27. The summed E-state index contributed by atoms with van der Waals surface area (Å²) in [5.74, 6) is 0.184. The molecule has 1 aromatic heterocycles. The number of aryl methyl sites for hydroxylation is 1. The van der Waals surface area contributed by atoms with E-state index in [0.29, 0.717) is 23.7 Å². The van der Waals surface area contributed by atoms with Gasteiger partial charge in [0.15, 0.2) is 5.67 Å². The molecule has 1 N–H and O–H groups in total. The van der Waals surface area contributed by atoms with Crippen molar-refractivity contribution in [1.29, 1.82) is 0 Å². The van der Waals surface area contributed by atoms with Crippen molar-refractivity contribution in [1.82, 2.24) is 14.3 Å². The molecule has 26 heavy (non-hydrogen) atoms. The first-order valence-electron chi connectivity index (χ1n) is 8.83. The molecule has 1 fully saturated rings. The maximum atomic E-state index is 14.7. The lowest BCUT2D eigenvalue weighted by Gasteiger charge is -2.27. The van der Waals surface area contributed by atoms with Crippen LogP contribution < -0.4 is 10.3 Å². The van der Waals surface area contributed by atoms with Crippen LogP contribution in [0.1, 0.15) is 63.5 Å². The van der Waals surface area contributed by atoms with E-state index < -0.39 is 21.8 Å². The third-order valence-corrected chi connectivity index (χ3v) is 6.43. The fourth-order valence-electron chi connectivity index (χ4n) is 3.02. The molecular weight excluding hydrogens is 353 g/mol. The number of fused-ring (bicyclic) bond motifs is 1. The number of alkyl halides is 1. The molecule has 142 valence electrons. The Hall–Kier alpha value is -1.44. The smallest absolute Gasteiger partial charge is 0.261 e. The summed E-state index contributed by atoms with van der Waals surface area (Å²) in [6.45, 7) is 9.47. The molecule has 1 aliphatic rings. The maximum absolute atomic E-state index is 14.7. The molecule has 1 aliphatic carbocycles. The summed E-state index contributed by atoms with van der Waals surface area (Å²) < 4.78 is 31.2. The molecule has 1 unspecified atom stereocenters. The number of halogens is 1. The van der Waals surface area contributed by atoms with Crippen LogP contribution in [-0.4, -0.2) is 18.9 Å². The summed E-state index contributed by atoms with van der Waals surface area (Å²) in [5.41, 5.74) is 0.415. The quantitative estimate of drug-likeness (QED) is 0.828. The van der Waals surface area contributed by atoms with Crippen LogP contribution in [0.3, 0.4) is 0 Å². The molecule has 5 nitrogen and oxygen atoms in total. The van der Waals surface area contributed by atoms with Crippen LogP contribution >= 0.6 is 0 Å². The van der Waals surface area contributed by atoms with E-state index in [1.54, 1.807) is 13.1 Å². The van der Waals surface area contributed by atoms with Gasteiger partial charge in [-0.25, -0.2) is 9.37 Å². The summed E-state index contributed by atoms with van der Waals surface area (Å²) in [7, 11) is 1.57. The minimum atomic E-state index is -1.50. The highest BCUT2D eigenvalue weighted by Crippen LogP contribution is 2.48. The van der Waals surface area contributed by atoms with Crippen molar-refractivity contribution < 1.29 is 8.94 Å². The Kier molecular flexibility index (Phi) is 4.70. The summed E-state index contributed by atoms with van der Waals surface area (Å²) in [6.07, 6.45) is 0.781. The van der Waals surface area contributed by atoms with E-state index in [0.717, 1.165) is 11.1 Å². The van der Waals surface area contributed by atoms with Gasteiger partial charge in [-0.15, -0.1) is 4.72 Å². The normalized spacial score (nSPS) is 18.8. The lowest BCUT2D eigenvalue weighted by Crippen LogP contribution is -2.40. The van der Waals surface area contributed by atoms with Crippen molar-refractivity contribution in [2.45, 2.75) is 63.9 Å². The van der Waals surface area contributed by atoms with Crippen LogP contribution in [0.4, 0.5) is 4.39 Å². The Bertz CT molecular complexity index is 916. The molecular formula is C19H26FN3O2S. The van der Waals surface area contributed by atoms with Crippen LogP contribution in [0, 0.1) is 6.92 Å². The van der Waals surface area contributed by atoms with E-state index >= 15 is 0 Å². The number of hydrogen-bond acceptors (Lipinski definition) is 4. The van der Waals surface area contributed by atoms with Crippen LogP contribution in [-0.2, 0) is 24.1 Å². The molecule has 0 saturated heterocycles. The van der Waals surface area contributed by atoms with E-state index in [1.807, 2.05) is 40.7 Å². The first-order chi connectivity index (χ1) is 11.9. The van der Waals surface area contributed by atoms with Gasteiger partial charge in [-0.1, -0.05) is 6.07 Å². The third-order valence-electron chi connectivity index (χ3n) is 4.75. The van der Waals surface area contributed by atoms with Gasteiger partial charge < -0.3 is 4.55 Å². The van der Waals surface area contributed by atoms with E-state index in [1.165, 1.54) is 4.57 Å². The highest BCUT2D eigenvalue weighted by atomic mass is 32.2. The molecule has 1 heterocycles. The summed E-state index contributed by atoms with van der Waals surface area (Å²) in [5, 5.41) is 0.464. The van der Waals surface area contributed by atoms with Crippen molar-refractivity contribution in [3.05, 3.63) is 39.4 Å². The highest BCUT2D eigenvalue weighted by molar-refractivity contribution is 7.90. The molecule has 7 heteroatoms.